The first-order valence-electron chi connectivity index (χ1n) is 12.4. The lowest BCUT2D eigenvalue weighted by molar-refractivity contribution is -0.138. The van der Waals surface area contributed by atoms with Gasteiger partial charge in [-0.1, -0.05) is 12.1 Å². The molecular weight excluding hydrogens is 467 g/mol. The molecule has 1 aromatic heterocycles. The number of alkyl halides is 3. The molecule has 8 heteroatoms. The van der Waals surface area contributed by atoms with Crippen molar-refractivity contribution in [2.24, 2.45) is 11.8 Å². The number of anilines is 1. The van der Waals surface area contributed by atoms with Crippen LogP contribution in [0.25, 0.3) is 22.0 Å². The third kappa shape index (κ3) is 4.91. The zero-order chi connectivity index (χ0) is 25.6. The van der Waals surface area contributed by atoms with E-state index in [-0.39, 0.29) is 11.7 Å². The number of Topliss-reactive ketones (excluding diaryl/α,β-unsaturated/α-hetero) is 1. The van der Waals surface area contributed by atoms with Crippen molar-refractivity contribution in [1.82, 2.24) is 9.88 Å². The Hall–Kier alpha value is -3.13. The highest BCUT2D eigenvalue weighted by Crippen LogP contribution is 2.42. The van der Waals surface area contributed by atoms with E-state index in [4.69, 9.17) is 0 Å². The van der Waals surface area contributed by atoms with Gasteiger partial charge in [0, 0.05) is 37.1 Å². The maximum atomic E-state index is 13.4. The van der Waals surface area contributed by atoms with Crippen LogP contribution in [0.3, 0.4) is 0 Å². The Morgan fingerprint density at radius 2 is 1.72 bits per heavy atom. The van der Waals surface area contributed by atoms with Gasteiger partial charge in [0.1, 0.15) is 5.75 Å². The number of pyridine rings is 1. The van der Waals surface area contributed by atoms with Crippen molar-refractivity contribution in [2.75, 3.05) is 38.6 Å². The number of hydrogen-bond acceptors (Lipinski definition) is 5. The summed E-state index contributed by atoms with van der Waals surface area (Å²) in [6.07, 6.45) is 0.790. The Labute approximate surface area is 208 Å². The first kappa shape index (κ1) is 24.6. The smallest absolute Gasteiger partial charge is 0.419 e. The molecule has 0 atom stereocenters. The predicted octanol–water partition coefficient (Wildman–Crippen LogP) is 6.00. The van der Waals surface area contributed by atoms with Gasteiger partial charge in [0.2, 0.25) is 0 Å². The van der Waals surface area contributed by atoms with Crippen LogP contribution in [0, 0.1) is 11.8 Å². The molecule has 1 saturated heterocycles. The van der Waals surface area contributed by atoms with Crippen LogP contribution in [0.15, 0.2) is 42.6 Å². The van der Waals surface area contributed by atoms with Crippen molar-refractivity contribution in [3.63, 3.8) is 0 Å². The van der Waals surface area contributed by atoms with Crippen molar-refractivity contribution in [3.05, 3.63) is 53.7 Å². The Kier molecular flexibility index (Phi) is 6.41. The molecule has 2 aliphatic rings. The number of fused-ring (bicyclic) bond motifs is 1. The van der Waals surface area contributed by atoms with Gasteiger partial charge in [-0.3, -0.25) is 9.78 Å². The Morgan fingerprint density at radius 3 is 2.36 bits per heavy atom. The first-order chi connectivity index (χ1) is 17.1. The quantitative estimate of drug-likeness (QED) is 0.424. The molecular formula is C28H30F3N3O2. The summed E-state index contributed by atoms with van der Waals surface area (Å²) in [5, 5.41) is 10.5. The standard InChI is InChI=1S/C28H30F3N3O2/c1-33(2)16-17-9-11-34(12-10-17)26-21-13-19(20-6-8-25(35)23(14-20)28(29,30)31)5-7-24(21)32-15-22(26)27(36)18-3-4-18/h5-8,13-15,17-18,35H,3-4,9-12,16H2,1-2H3. The first-order valence-corrected chi connectivity index (χ1v) is 12.4. The molecule has 1 saturated carbocycles. The fraction of sp³-hybridized carbons (Fsp3) is 0.429. The van der Waals surface area contributed by atoms with Gasteiger partial charge in [-0.05, 0) is 81.1 Å². The van der Waals surface area contributed by atoms with E-state index in [1.807, 2.05) is 6.07 Å². The number of benzene rings is 2. The number of nitrogens with zero attached hydrogens (tertiary/aromatic N) is 3. The van der Waals surface area contributed by atoms with Gasteiger partial charge < -0.3 is 14.9 Å². The molecule has 0 unspecified atom stereocenters. The zero-order valence-corrected chi connectivity index (χ0v) is 20.5. The number of phenols is 1. The zero-order valence-electron chi connectivity index (χ0n) is 20.5. The molecule has 1 aliphatic carbocycles. The molecule has 0 bridgehead atoms. The highest BCUT2D eigenvalue weighted by atomic mass is 19.4. The number of rotatable bonds is 6. The number of carbonyl (C=O) groups is 1. The van der Waals surface area contributed by atoms with Gasteiger partial charge in [-0.2, -0.15) is 13.2 Å². The molecule has 190 valence electrons. The van der Waals surface area contributed by atoms with E-state index < -0.39 is 17.5 Å². The summed E-state index contributed by atoms with van der Waals surface area (Å²) < 4.78 is 40.3. The lowest BCUT2D eigenvalue weighted by atomic mass is 9.93. The third-order valence-corrected chi connectivity index (χ3v) is 7.24. The summed E-state index contributed by atoms with van der Waals surface area (Å²) in [4.78, 5) is 22.3. The van der Waals surface area contributed by atoms with Crippen LogP contribution in [0.1, 0.15) is 41.6 Å². The number of aromatic nitrogens is 1. The molecule has 5 nitrogen and oxygen atoms in total. The summed E-state index contributed by atoms with van der Waals surface area (Å²) in [5.41, 5.74) is 2.00. The van der Waals surface area contributed by atoms with E-state index >= 15 is 0 Å². The molecule has 1 aliphatic heterocycles. The van der Waals surface area contributed by atoms with E-state index in [0.717, 1.165) is 68.5 Å². The third-order valence-electron chi connectivity index (χ3n) is 7.24. The van der Waals surface area contributed by atoms with Crippen molar-refractivity contribution in [3.8, 4) is 16.9 Å². The number of aromatic hydroxyl groups is 1. The number of piperidine rings is 1. The van der Waals surface area contributed by atoms with Crippen LogP contribution >= 0.6 is 0 Å². The highest BCUT2D eigenvalue weighted by Gasteiger charge is 2.35. The van der Waals surface area contributed by atoms with Crippen LogP contribution in [0.5, 0.6) is 5.75 Å². The molecule has 3 aromatic rings. The van der Waals surface area contributed by atoms with Crippen molar-refractivity contribution in [1.29, 1.82) is 0 Å². The van der Waals surface area contributed by atoms with Crippen LogP contribution in [0.4, 0.5) is 18.9 Å². The number of halogens is 3. The molecule has 2 fully saturated rings. The van der Waals surface area contributed by atoms with Crippen molar-refractivity contribution < 1.29 is 23.1 Å². The highest BCUT2D eigenvalue weighted by molar-refractivity contribution is 6.10. The summed E-state index contributed by atoms with van der Waals surface area (Å²) in [6.45, 7) is 2.64. The Balaban J connectivity index is 1.59. The average molecular weight is 498 g/mol. The van der Waals surface area contributed by atoms with E-state index in [1.165, 1.54) is 6.07 Å². The van der Waals surface area contributed by atoms with Gasteiger partial charge in [0.15, 0.2) is 5.78 Å². The van der Waals surface area contributed by atoms with E-state index in [2.05, 4.69) is 28.9 Å². The molecule has 2 aromatic carbocycles. The lowest BCUT2D eigenvalue weighted by Gasteiger charge is -2.36. The molecule has 2 heterocycles. The second kappa shape index (κ2) is 9.39. The molecule has 1 N–H and O–H groups in total. The second-order valence-electron chi connectivity index (χ2n) is 10.3. The largest absolute Gasteiger partial charge is 0.507 e. The average Bonchev–Trinajstić information content (AvgIpc) is 3.68. The van der Waals surface area contributed by atoms with Crippen LogP contribution in [-0.2, 0) is 6.18 Å². The maximum Gasteiger partial charge on any atom is 0.419 e. The normalized spacial score (nSPS) is 17.2. The van der Waals surface area contributed by atoms with Gasteiger partial charge in [-0.15, -0.1) is 0 Å². The maximum absolute atomic E-state index is 13.4. The topological polar surface area (TPSA) is 56.7 Å². The van der Waals surface area contributed by atoms with Gasteiger partial charge >= 0.3 is 6.18 Å². The number of carbonyl (C=O) groups excluding carboxylic acids is 1. The van der Waals surface area contributed by atoms with Crippen molar-refractivity contribution >= 4 is 22.4 Å². The molecule has 5 rings (SSSR count). The minimum Gasteiger partial charge on any atom is -0.507 e. The van der Waals surface area contributed by atoms with E-state index in [1.54, 1.807) is 18.3 Å². The second-order valence-corrected chi connectivity index (χ2v) is 10.3. The van der Waals surface area contributed by atoms with Gasteiger partial charge in [-0.25, -0.2) is 0 Å². The lowest BCUT2D eigenvalue weighted by Crippen LogP contribution is -2.38. The Morgan fingerprint density at radius 1 is 1.06 bits per heavy atom. The van der Waals surface area contributed by atoms with Gasteiger partial charge in [0.05, 0.1) is 22.3 Å². The van der Waals surface area contributed by atoms with Crippen LogP contribution in [0.2, 0.25) is 0 Å². The predicted molar refractivity (Wildman–Crippen MR) is 134 cm³/mol. The molecule has 0 amide bonds. The van der Waals surface area contributed by atoms with Crippen molar-refractivity contribution in [2.45, 2.75) is 31.9 Å². The van der Waals surface area contributed by atoms with Crippen LogP contribution in [-0.4, -0.2) is 54.5 Å². The monoisotopic (exact) mass is 497 g/mol. The summed E-state index contributed by atoms with van der Waals surface area (Å²) >= 11 is 0. The molecule has 0 radical (unpaired) electrons. The minimum absolute atomic E-state index is 0.0314. The summed E-state index contributed by atoms with van der Waals surface area (Å²) in [7, 11) is 4.15. The summed E-state index contributed by atoms with van der Waals surface area (Å²) in [6, 6.07) is 8.88. The molecule has 0 spiro atoms. The fourth-order valence-corrected chi connectivity index (χ4v) is 5.24. The number of phenolic OH excluding ortho intramolecular Hbond substituents is 1. The number of ketones is 1. The van der Waals surface area contributed by atoms with E-state index in [0.29, 0.717) is 28.1 Å². The minimum atomic E-state index is -4.66. The van der Waals surface area contributed by atoms with E-state index in [9.17, 15) is 23.1 Å². The molecule has 36 heavy (non-hydrogen) atoms. The van der Waals surface area contributed by atoms with Crippen LogP contribution < -0.4 is 4.90 Å². The van der Waals surface area contributed by atoms with Gasteiger partial charge in [0.25, 0.3) is 0 Å². The number of hydrogen-bond donors (Lipinski definition) is 1. The fourth-order valence-electron chi connectivity index (χ4n) is 5.24. The SMILES string of the molecule is CN(C)CC1CCN(c2c(C(=O)C3CC3)cnc3ccc(-c4ccc(O)c(C(F)(F)F)c4)cc23)CC1. The Bertz CT molecular complexity index is 1290. The summed E-state index contributed by atoms with van der Waals surface area (Å²) in [5.74, 6) is -0.0827.